The Kier molecular flexibility index (Phi) is 3.61. The standard InChI is InChI=1S/C20H16BN2/c1-3-11-17-15(7-1)9-5-13-19(17)22-21-23-20-14-6-10-16-8-2-4-12-18(16)20/h1-14,22-23H. The van der Waals surface area contributed by atoms with Gasteiger partial charge in [0.1, 0.15) is 0 Å². The van der Waals surface area contributed by atoms with Crippen LogP contribution >= 0.6 is 0 Å². The summed E-state index contributed by atoms with van der Waals surface area (Å²) < 4.78 is 0. The van der Waals surface area contributed by atoms with Crippen LogP contribution in [0.3, 0.4) is 0 Å². The van der Waals surface area contributed by atoms with Gasteiger partial charge >= 0.3 is 7.55 Å². The third kappa shape index (κ3) is 2.73. The maximum Gasteiger partial charge on any atom is 0.385 e. The van der Waals surface area contributed by atoms with E-state index in [0.717, 1.165) is 11.4 Å². The van der Waals surface area contributed by atoms with Crippen LogP contribution < -0.4 is 10.5 Å². The summed E-state index contributed by atoms with van der Waals surface area (Å²) in [6.07, 6.45) is 0. The van der Waals surface area contributed by atoms with Crippen LogP contribution in [0.2, 0.25) is 0 Å². The molecule has 0 spiro atoms. The van der Waals surface area contributed by atoms with Crippen LogP contribution in [-0.4, -0.2) is 7.55 Å². The lowest BCUT2D eigenvalue weighted by atomic mass is 10.0. The zero-order valence-corrected chi connectivity index (χ0v) is 12.7. The van der Waals surface area contributed by atoms with Crippen molar-refractivity contribution in [1.82, 2.24) is 0 Å². The summed E-state index contributed by atoms with van der Waals surface area (Å²) in [6, 6.07) is 29.3. The fraction of sp³-hybridized carbons (Fsp3) is 0. The molecule has 4 aromatic rings. The molecule has 0 fully saturated rings. The van der Waals surface area contributed by atoms with E-state index in [9.17, 15) is 0 Å². The first-order valence-corrected chi connectivity index (χ1v) is 7.72. The smallest absolute Gasteiger partial charge is 0.385 e. The van der Waals surface area contributed by atoms with E-state index in [1.807, 2.05) is 7.55 Å². The number of hydrogen-bond donors (Lipinski definition) is 2. The highest BCUT2D eigenvalue weighted by Gasteiger charge is 2.03. The Bertz CT molecular complexity index is 876. The van der Waals surface area contributed by atoms with Crippen molar-refractivity contribution in [2.24, 2.45) is 0 Å². The number of rotatable bonds is 4. The van der Waals surface area contributed by atoms with E-state index in [0.29, 0.717) is 0 Å². The Morgan fingerprint density at radius 2 is 0.913 bits per heavy atom. The largest absolute Gasteiger partial charge is 0.412 e. The van der Waals surface area contributed by atoms with Gasteiger partial charge < -0.3 is 10.5 Å². The van der Waals surface area contributed by atoms with Gasteiger partial charge in [-0.2, -0.15) is 0 Å². The van der Waals surface area contributed by atoms with E-state index in [2.05, 4.69) is 95.4 Å². The molecule has 1 radical (unpaired) electrons. The molecule has 2 N–H and O–H groups in total. The van der Waals surface area contributed by atoms with Gasteiger partial charge in [-0.3, -0.25) is 0 Å². The summed E-state index contributed by atoms with van der Waals surface area (Å²) in [6.45, 7) is 0. The van der Waals surface area contributed by atoms with Crippen molar-refractivity contribution < 1.29 is 0 Å². The molecule has 0 aromatic heterocycles. The predicted molar refractivity (Wildman–Crippen MR) is 101 cm³/mol. The average molecular weight is 295 g/mol. The molecule has 4 aromatic carbocycles. The number of fused-ring (bicyclic) bond motifs is 2. The molecule has 3 heteroatoms. The molecule has 4 rings (SSSR count). The van der Waals surface area contributed by atoms with Crippen molar-refractivity contribution in [2.45, 2.75) is 0 Å². The second-order valence-electron chi connectivity index (χ2n) is 5.49. The molecular formula is C20H16BN2. The van der Waals surface area contributed by atoms with E-state index < -0.39 is 0 Å². The van der Waals surface area contributed by atoms with Crippen molar-refractivity contribution in [1.29, 1.82) is 0 Å². The normalized spacial score (nSPS) is 10.6. The molecule has 0 amide bonds. The SMILES string of the molecule is [B](Nc1cccc2ccccc12)Nc1cccc2ccccc12. The van der Waals surface area contributed by atoms with Crippen molar-refractivity contribution in [3.05, 3.63) is 84.9 Å². The van der Waals surface area contributed by atoms with Gasteiger partial charge in [0.15, 0.2) is 0 Å². The van der Waals surface area contributed by atoms with Crippen molar-refractivity contribution in [2.75, 3.05) is 10.5 Å². The van der Waals surface area contributed by atoms with Gasteiger partial charge in [0.2, 0.25) is 0 Å². The molecule has 0 atom stereocenters. The van der Waals surface area contributed by atoms with E-state index in [4.69, 9.17) is 0 Å². The molecule has 0 aliphatic rings. The molecule has 2 nitrogen and oxygen atoms in total. The van der Waals surface area contributed by atoms with Gasteiger partial charge in [-0.1, -0.05) is 72.8 Å². The van der Waals surface area contributed by atoms with Crippen molar-refractivity contribution >= 4 is 40.5 Å². The van der Waals surface area contributed by atoms with Crippen LogP contribution in [0.25, 0.3) is 21.5 Å². The fourth-order valence-electron chi connectivity index (χ4n) is 2.89. The lowest BCUT2D eigenvalue weighted by molar-refractivity contribution is 1.68. The monoisotopic (exact) mass is 295 g/mol. The Balaban J connectivity index is 1.55. The molecule has 0 saturated carbocycles. The van der Waals surface area contributed by atoms with Crippen LogP contribution in [0.5, 0.6) is 0 Å². The first kappa shape index (κ1) is 13.7. The van der Waals surface area contributed by atoms with E-state index >= 15 is 0 Å². The van der Waals surface area contributed by atoms with Gasteiger partial charge in [-0.25, -0.2) is 0 Å². The maximum absolute atomic E-state index is 3.36. The van der Waals surface area contributed by atoms with Crippen LogP contribution in [0, 0.1) is 0 Å². The molecule has 0 heterocycles. The van der Waals surface area contributed by atoms with Crippen molar-refractivity contribution in [3.63, 3.8) is 0 Å². The van der Waals surface area contributed by atoms with Gasteiger partial charge in [0, 0.05) is 22.1 Å². The molecule has 0 aliphatic carbocycles. The third-order valence-corrected chi connectivity index (χ3v) is 4.03. The third-order valence-electron chi connectivity index (χ3n) is 4.03. The van der Waals surface area contributed by atoms with E-state index in [1.54, 1.807) is 0 Å². The Labute approximate surface area is 136 Å². The first-order chi connectivity index (χ1) is 11.4. The minimum atomic E-state index is 1.09. The highest BCUT2D eigenvalue weighted by Crippen LogP contribution is 2.24. The molecule has 109 valence electrons. The van der Waals surface area contributed by atoms with Crippen LogP contribution in [-0.2, 0) is 0 Å². The summed E-state index contributed by atoms with van der Waals surface area (Å²) >= 11 is 0. The number of nitrogens with one attached hydrogen (secondary N) is 2. The average Bonchev–Trinajstić information content (AvgIpc) is 2.62. The fourth-order valence-corrected chi connectivity index (χ4v) is 2.89. The molecule has 0 bridgehead atoms. The van der Waals surface area contributed by atoms with Gasteiger partial charge in [-0.15, -0.1) is 0 Å². The molecule has 0 saturated heterocycles. The number of anilines is 2. The van der Waals surface area contributed by atoms with Crippen LogP contribution in [0.1, 0.15) is 0 Å². The maximum atomic E-state index is 3.36. The summed E-state index contributed by atoms with van der Waals surface area (Å²) in [5.74, 6) is 0. The van der Waals surface area contributed by atoms with Gasteiger partial charge in [0.25, 0.3) is 0 Å². The summed E-state index contributed by atoms with van der Waals surface area (Å²) in [5.41, 5.74) is 2.19. The molecule has 0 unspecified atom stereocenters. The minimum absolute atomic E-state index is 1.09. The van der Waals surface area contributed by atoms with Crippen molar-refractivity contribution in [3.8, 4) is 0 Å². The number of benzene rings is 4. The lowest BCUT2D eigenvalue weighted by Crippen LogP contribution is -2.17. The van der Waals surface area contributed by atoms with Gasteiger partial charge in [-0.05, 0) is 22.9 Å². The molecular weight excluding hydrogens is 279 g/mol. The second kappa shape index (κ2) is 6.05. The highest BCUT2D eigenvalue weighted by atomic mass is 14.9. The Morgan fingerprint density at radius 3 is 1.43 bits per heavy atom. The first-order valence-electron chi connectivity index (χ1n) is 7.72. The zero-order valence-electron chi connectivity index (χ0n) is 12.7. The number of hydrogen-bond acceptors (Lipinski definition) is 2. The molecule has 0 aliphatic heterocycles. The predicted octanol–water partition coefficient (Wildman–Crippen LogP) is 5.05. The Hall–Kier alpha value is -2.94. The Morgan fingerprint density at radius 1 is 0.478 bits per heavy atom. The summed E-state index contributed by atoms with van der Waals surface area (Å²) in [7, 11) is 1.89. The van der Waals surface area contributed by atoms with Crippen LogP contribution in [0.15, 0.2) is 84.9 Å². The topological polar surface area (TPSA) is 24.1 Å². The quantitative estimate of drug-likeness (QED) is 0.515. The van der Waals surface area contributed by atoms with E-state index in [1.165, 1.54) is 21.5 Å². The van der Waals surface area contributed by atoms with Gasteiger partial charge in [0.05, 0.1) is 0 Å². The van der Waals surface area contributed by atoms with E-state index in [-0.39, 0.29) is 0 Å². The summed E-state index contributed by atoms with van der Waals surface area (Å²) in [4.78, 5) is 0. The second-order valence-corrected chi connectivity index (χ2v) is 5.49. The highest BCUT2D eigenvalue weighted by molar-refractivity contribution is 6.46. The minimum Gasteiger partial charge on any atom is -0.412 e. The lowest BCUT2D eigenvalue weighted by Gasteiger charge is -2.11. The summed E-state index contributed by atoms with van der Waals surface area (Å²) in [5, 5.41) is 11.6. The van der Waals surface area contributed by atoms with Crippen LogP contribution in [0.4, 0.5) is 11.4 Å². The molecule has 23 heavy (non-hydrogen) atoms. The zero-order chi connectivity index (χ0) is 15.5.